The topological polar surface area (TPSA) is 56.3 Å². The van der Waals surface area contributed by atoms with Crippen LogP contribution in [0.3, 0.4) is 0 Å². The highest BCUT2D eigenvalue weighted by molar-refractivity contribution is 6.34. The normalized spacial score (nSPS) is 10.5. The molecule has 0 amide bonds. The van der Waals surface area contributed by atoms with Crippen molar-refractivity contribution < 1.29 is 14.3 Å². The van der Waals surface area contributed by atoms with Crippen LogP contribution in [0.5, 0.6) is 0 Å². The molecule has 98 valence electrons. The van der Waals surface area contributed by atoms with E-state index in [0.717, 1.165) is 0 Å². The zero-order valence-electron chi connectivity index (χ0n) is 10.6. The number of nitrogens with zero attached hydrogens (tertiary/aromatic N) is 1. The third-order valence-electron chi connectivity index (χ3n) is 2.66. The molecule has 2 rings (SSSR count). The molecular formula is C14H12ClNO3. The van der Waals surface area contributed by atoms with E-state index in [-0.39, 0.29) is 5.78 Å². The number of fused-ring (bicyclic) bond motifs is 1. The molecule has 0 fully saturated rings. The van der Waals surface area contributed by atoms with Gasteiger partial charge < -0.3 is 4.74 Å². The van der Waals surface area contributed by atoms with Crippen molar-refractivity contribution in [3.8, 4) is 0 Å². The van der Waals surface area contributed by atoms with Crippen LogP contribution in [0.2, 0.25) is 5.02 Å². The van der Waals surface area contributed by atoms with Gasteiger partial charge in [-0.05, 0) is 32.0 Å². The fourth-order valence-electron chi connectivity index (χ4n) is 1.74. The molecule has 0 aliphatic heterocycles. The van der Waals surface area contributed by atoms with Crippen molar-refractivity contribution >= 4 is 34.3 Å². The van der Waals surface area contributed by atoms with E-state index in [1.165, 1.54) is 13.1 Å². The van der Waals surface area contributed by atoms with Gasteiger partial charge in [0, 0.05) is 17.1 Å². The Labute approximate surface area is 115 Å². The molecule has 0 spiro atoms. The molecule has 1 aromatic carbocycles. The van der Waals surface area contributed by atoms with Crippen molar-refractivity contribution in [2.24, 2.45) is 0 Å². The summed E-state index contributed by atoms with van der Waals surface area (Å²) >= 11 is 6.03. The molecule has 1 aromatic heterocycles. The summed E-state index contributed by atoms with van der Waals surface area (Å²) in [5, 5.41) is 1.04. The largest absolute Gasteiger partial charge is 0.462 e. The van der Waals surface area contributed by atoms with Gasteiger partial charge in [0.1, 0.15) is 0 Å². The van der Waals surface area contributed by atoms with E-state index < -0.39 is 5.97 Å². The van der Waals surface area contributed by atoms with Gasteiger partial charge in [-0.15, -0.1) is 0 Å². The molecule has 0 aliphatic carbocycles. The van der Waals surface area contributed by atoms with Crippen molar-refractivity contribution in [1.82, 2.24) is 4.98 Å². The highest BCUT2D eigenvalue weighted by atomic mass is 35.5. The first-order chi connectivity index (χ1) is 9.02. The quantitative estimate of drug-likeness (QED) is 0.638. The van der Waals surface area contributed by atoms with Crippen LogP contribution in [0.15, 0.2) is 24.4 Å². The first-order valence-corrected chi connectivity index (χ1v) is 6.18. The van der Waals surface area contributed by atoms with Crippen LogP contribution < -0.4 is 0 Å². The van der Waals surface area contributed by atoms with Crippen LogP contribution in [-0.4, -0.2) is 23.3 Å². The van der Waals surface area contributed by atoms with E-state index in [1.807, 2.05) is 0 Å². The Bertz CT molecular complexity index is 667. The zero-order valence-corrected chi connectivity index (χ0v) is 11.3. The highest BCUT2D eigenvalue weighted by Crippen LogP contribution is 2.24. The van der Waals surface area contributed by atoms with Crippen LogP contribution in [-0.2, 0) is 4.74 Å². The van der Waals surface area contributed by atoms with Crippen LogP contribution in [0, 0.1) is 0 Å². The Morgan fingerprint density at radius 2 is 2.05 bits per heavy atom. The molecule has 0 bridgehead atoms. The van der Waals surface area contributed by atoms with Crippen LogP contribution in [0.25, 0.3) is 10.9 Å². The predicted octanol–water partition coefficient (Wildman–Crippen LogP) is 3.27. The minimum Gasteiger partial charge on any atom is -0.462 e. The lowest BCUT2D eigenvalue weighted by Gasteiger charge is -2.05. The predicted molar refractivity (Wildman–Crippen MR) is 72.7 cm³/mol. The zero-order chi connectivity index (χ0) is 14.0. The smallest absolute Gasteiger partial charge is 0.339 e. The van der Waals surface area contributed by atoms with Gasteiger partial charge in [0.05, 0.1) is 22.7 Å². The fraction of sp³-hybridized carbons (Fsp3) is 0.214. The second-order valence-corrected chi connectivity index (χ2v) is 4.43. The molecule has 1 heterocycles. The summed E-state index contributed by atoms with van der Waals surface area (Å²) in [6.07, 6.45) is 1.43. The summed E-state index contributed by atoms with van der Waals surface area (Å²) in [6.45, 7) is 3.49. The Morgan fingerprint density at radius 1 is 1.32 bits per heavy atom. The fourth-order valence-corrected chi connectivity index (χ4v) is 2.05. The number of pyridine rings is 1. The summed E-state index contributed by atoms with van der Waals surface area (Å²) in [7, 11) is 0. The maximum absolute atomic E-state index is 11.6. The molecule has 2 aromatic rings. The maximum Gasteiger partial charge on any atom is 0.339 e. The molecule has 5 heteroatoms. The number of rotatable bonds is 3. The standard InChI is InChI=1S/C14H12ClNO3/c1-3-19-14(18)10-4-9-5-12(15)11(8(2)17)6-13(9)16-7-10/h4-7H,3H2,1-2H3. The van der Waals surface area contributed by atoms with Crippen LogP contribution >= 0.6 is 11.6 Å². The summed E-state index contributed by atoms with van der Waals surface area (Å²) in [5.41, 5.74) is 1.40. The Balaban J connectivity index is 2.53. The molecular weight excluding hydrogens is 266 g/mol. The lowest BCUT2D eigenvalue weighted by molar-refractivity contribution is 0.0526. The minimum atomic E-state index is -0.427. The molecule has 4 nitrogen and oxygen atoms in total. The van der Waals surface area contributed by atoms with E-state index in [1.54, 1.807) is 25.1 Å². The van der Waals surface area contributed by atoms with Gasteiger partial charge >= 0.3 is 5.97 Å². The number of Topliss-reactive ketones (excluding diaryl/α,β-unsaturated/α-hetero) is 1. The number of aromatic nitrogens is 1. The summed E-state index contributed by atoms with van der Waals surface area (Å²) in [5.74, 6) is -0.549. The number of carbonyl (C=O) groups excluding carboxylic acids is 2. The molecule has 0 radical (unpaired) electrons. The number of hydrogen-bond acceptors (Lipinski definition) is 4. The molecule has 0 saturated heterocycles. The number of carbonyl (C=O) groups is 2. The van der Waals surface area contributed by atoms with E-state index >= 15 is 0 Å². The molecule has 0 unspecified atom stereocenters. The van der Waals surface area contributed by atoms with Gasteiger partial charge in [-0.25, -0.2) is 4.79 Å². The number of ketones is 1. The number of esters is 1. The Kier molecular flexibility index (Phi) is 3.81. The van der Waals surface area contributed by atoms with Crippen molar-refractivity contribution in [2.45, 2.75) is 13.8 Å². The molecule has 0 atom stereocenters. The average molecular weight is 278 g/mol. The number of benzene rings is 1. The third-order valence-corrected chi connectivity index (χ3v) is 2.97. The highest BCUT2D eigenvalue weighted by Gasteiger charge is 2.11. The Morgan fingerprint density at radius 3 is 2.68 bits per heavy atom. The van der Waals surface area contributed by atoms with E-state index in [0.29, 0.717) is 33.7 Å². The monoisotopic (exact) mass is 277 g/mol. The van der Waals surface area contributed by atoms with Crippen molar-refractivity contribution in [1.29, 1.82) is 0 Å². The number of hydrogen-bond donors (Lipinski definition) is 0. The van der Waals surface area contributed by atoms with Gasteiger partial charge in [0.25, 0.3) is 0 Å². The van der Waals surface area contributed by atoms with E-state index in [4.69, 9.17) is 16.3 Å². The van der Waals surface area contributed by atoms with Crippen LogP contribution in [0.4, 0.5) is 0 Å². The number of halogens is 1. The van der Waals surface area contributed by atoms with Gasteiger partial charge in [-0.2, -0.15) is 0 Å². The first-order valence-electron chi connectivity index (χ1n) is 5.80. The van der Waals surface area contributed by atoms with E-state index in [2.05, 4.69) is 4.98 Å². The molecule has 0 saturated carbocycles. The van der Waals surface area contributed by atoms with Crippen molar-refractivity contribution in [3.63, 3.8) is 0 Å². The SMILES string of the molecule is CCOC(=O)c1cnc2cc(C(C)=O)c(Cl)cc2c1. The molecule has 0 aliphatic rings. The Hall–Kier alpha value is -1.94. The summed E-state index contributed by atoms with van der Waals surface area (Å²) in [6, 6.07) is 4.90. The van der Waals surface area contributed by atoms with Gasteiger partial charge in [-0.3, -0.25) is 9.78 Å². The second kappa shape index (κ2) is 5.36. The lowest BCUT2D eigenvalue weighted by Crippen LogP contribution is -2.05. The van der Waals surface area contributed by atoms with Crippen molar-refractivity contribution in [3.05, 3.63) is 40.5 Å². The van der Waals surface area contributed by atoms with Crippen molar-refractivity contribution in [2.75, 3.05) is 6.61 Å². The van der Waals surface area contributed by atoms with Gasteiger partial charge in [0.2, 0.25) is 0 Å². The lowest BCUT2D eigenvalue weighted by atomic mass is 10.1. The number of ether oxygens (including phenoxy) is 1. The van der Waals surface area contributed by atoms with Gasteiger partial charge in [-0.1, -0.05) is 11.6 Å². The first kappa shape index (κ1) is 13.5. The molecule has 19 heavy (non-hydrogen) atoms. The summed E-state index contributed by atoms with van der Waals surface area (Å²) < 4.78 is 4.90. The van der Waals surface area contributed by atoms with E-state index in [9.17, 15) is 9.59 Å². The summed E-state index contributed by atoms with van der Waals surface area (Å²) in [4.78, 5) is 27.1. The average Bonchev–Trinajstić information content (AvgIpc) is 2.37. The van der Waals surface area contributed by atoms with Gasteiger partial charge in [0.15, 0.2) is 5.78 Å². The molecule has 0 N–H and O–H groups in total. The minimum absolute atomic E-state index is 0.122. The third kappa shape index (κ3) is 2.74. The van der Waals surface area contributed by atoms with Crippen LogP contribution in [0.1, 0.15) is 34.6 Å². The second-order valence-electron chi connectivity index (χ2n) is 4.03. The maximum atomic E-state index is 11.6.